The van der Waals surface area contributed by atoms with Crippen LogP contribution in [0.5, 0.6) is 0 Å². The van der Waals surface area contributed by atoms with Gasteiger partial charge >= 0.3 is 6.09 Å². The van der Waals surface area contributed by atoms with Crippen LogP contribution in [0.3, 0.4) is 0 Å². The molecule has 0 unspecified atom stereocenters. The highest BCUT2D eigenvalue weighted by Gasteiger charge is 2.28. The molecule has 0 bridgehead atoms. The fourth-order valence-electron chi connectivity index (χ4n) is 1.83. The fraction of sp³-hybridized carbons (Fsp3) is 0.667. The Labute approximate surface area is 106 Å². The van der Waals surface area contributed by atoms with Crippen LogP contribution in [-0.4, -0.2) is 41.2 Å². The van der Waals surface area contributed by atoms with Crippen molar-refractivity contribution in [3.05, 3.63) is 18.4 Å². The molecule has 2 heterocycles. The van der Waals surface area contributed by atoms with Crippen LogP contribution in [0.25, 0.3) is 0 Å². The molecule has 18 heavy (non-hydrogen) atoms. The van der Waals surface area contributed by atoms with Gasteiger partial charge in [0.05, 0.1) is 11.7 Å². The molecular formula is C12H19N3O3. The first-order chi connectivity index (χ1) is 8.46. The fourth-order valence-corrected chi connectivity index (χ4v) is 1.83. The van der Waals surface area contributed by atoms with Crippen LogP contribution in [-0.2, 0) is 4.74 Å². The van der Waals surface area contributed by atoms with E-state index in [2.05, 4.69) is 10.3 Å². The summed E-state index contributed by atoms with van der Waals surface area (Å²) in [6.07, 6.45) is 2.71. The van der Waals surface area contributed by atoms with Gasteiger partial charge in [-0.25, -0.2) is 9.78 Å². The number of rotatable bonds is 1. The van der Waals surface area contributed by atoms with E-state index in [0.717, 1.165) is 12.2 Å². The predicted octanol–water partition coefficient (Wildman–Crippen LogP) is 1.56. The highest BCUT2D eigenvalue weighted by atomic mass is 16.6. The quantitative estimate of drug-likeness (QED) is 0.822. The van der Waals surface area contributed by atoms with Gasteiger partial charge in [0.2, 0.25) is 0 Å². The van der Waals surface area contributed by atoms with Crippen LogP contribution in [0.1, 0.15) is 32.5 Å². The van der Waals surface area contributed by atoms with E-state index in [-0.39, 0.29) is 12.1 Å². The summed E-state index contributed by atoms with van der Waals surface area (Å²) in [5.74, 6) is 0. The molecule has 6 nitrogen and oxygen atoms in total. The molecule has 0 aromatic carbocycles. The highest BCUT2D eigenvalue weighted by molar-refractivity contribution is 5.68. The minimum atomic E-state index is -0.467. The van der Waals surface area contributed by atoms with Gasteiger partial charge in [-0.2, -0.15) is 0 Å². The second kappa shape index (κ2) is 4.97. The van der Waals surface area contributed by atoms with Crippen LogP contribution >= 0.6 is 0 Å². The van der Waals surface area contributed by atoms with E-state index in [1.165, 1.54) is 6.39 Å². The average molecular weight is 253 g/mol. The lowest BCUT2D eigenvalue weighted by atomic mass is 10.1. The van der Waals surface area contributed by atoms with Gasteiger partial charge in [0.15, 0.2) is 6.39 Å². The molecule has 1 aromatic heterocycles. The molecule has 2 rings (SSSR count). The zero-order chi connectivity index (χ0) is 13.2. The van der Waals surface area contributed by atoms with Gasteiger partial charge in [-0.15, -0.1) is 0 Å². The molecule has 1 fully saturated rings. The molecular weight excluding hydrogens is 234 g/mol. The lowest BCUT2D eigenvalue weighted by Crippen LogP contribution is -2.49. The third-order valence-corrected chi connectivity index (χ3v) is 2.64. The van der Waals surface area contributed by atoms with E-state index in [9.17, 15) is 4.79 Å². The molecule has 100 valence electrons. The van der Waals surface area contributed by atoms with Crippen LogP contribution < -0.4 is 5.32 Å². The van der Waals surface area contributed by atoms with E-state index in [0.29, 0.717) is 13.1 Å². The summed E-state index contributed by atoms with van der Waals surface area (Å²) >= 11 is 0. The summed E-state index contributed by atoms with van der Waals surface area (Å²) in [6, 6.07) is 0.00465. The molecule has 1 N–H and O–H groups in total. The number of carbonyl (C=O) groups excluding carboxylic acids is 1. The molecule has 0 aliphatic carbocycles. The largest absolute Gasteiger partial charge is 0.451 e. The van der Waals surface area contributed by atoms with Crippen LogP contribution in [0.4, 0.5) is 4.79 Å². The van der Waals surface area contributed by atoms with Crippen molar-refractivity contribution in [2.75, 3.05) is 19.6 Å². The van der Waals surface area contributed by atoms with Crippen LogP contribution in [0.2, 0.25) is 0 Å². The molecule has 1 aliphatic rings. The molecule has 0 radical (unpaired) electrons. The van der Waals surface area contributed by atoms with Crippen LogP contribution in [0.15, 0.2) is 17.1 Å². The zero-order valence-corrected chi connectivity index (χ0v) is 11.0. The highest BCUT2D eigenvalue weighted by Crippen LogP contribution is 2.17. The molecule has 1 atom stereocenters. The van der Waals surface area contributed by atoms with Crippen molar-refractivity contribution in [2.45, 2.75) is 32.4 Å². The molecule has 1 saturated heterocycles. The minimum absolute atomic E-state index is 0.00465. The third-order valence-electron chi connectivity index (χ3n) is 2.64. The van der Waals surface area contributed by atoms with Gasteiger partial charge < -0.3 is 19.4 Å². The smallest absolute Gasteiger partial charge is 0.410 e. The Bertz CT molecular complexity index is 397. The summed E-state index contributed by atoms with van der Waals surface area (Å²) < 4.78 is 10.3. The number of nitrogens with zero attached hydrogens (tertiary/aromatic N) is 2. The second-order valence-electron chi connectivity index (χ2n) is 5.35. The SMILES string of the molecule is CC(C)(C)OC(=O)N1CCN[C@H](c2cocn2)C1. The number of hydrogen-bond acceptors (Lipinski definition) is 5. The number of carbonyl (C=O) groups is 1. The van der Waals surface area contributed by atoms with Gasteiger partial charge in [-0.3, -0.25) is 0 Å². The number of aromatic nitrogens is 1. The maximum atomic E-state index is 12.0. The minimum Gasteiger partial charge on any atom is -0.451 e. The Balaban J connectivity index is 1.96. The lowest BCUT2D eigenvalue weighted by Gasteiger charge is -2.34. The Morgan fingerprint density at radius 1 is 1.61 bits per heavy atom. The first-order valence-electron chi connectivity index (χ1n) is 6.05. The number of ether oxygens (including phenoxy) is 1. The number of piperazine rings is 1. The van der Waals surface area contributed by atoms with Gasteiger partial charge in [-0.05, 0) is 20.8 Å². The monoisotopic (exact) mass is 253 g/mol. The topological polar surface area (TPSA) is 67.6 Å². The van der Waals surface area contributed by atoms with Crippen LogP contribution in [0, 0.1) is 0 Å². The molecule has 1 aromatic rings. The Morgan fingerprint density at radius 3 is 3.00 bits per heavy atom. The standard InChI is InChI=1S/C12H19N3O3/c1-12(2,3)18-11(16)15-5-4-13-9(6-15)10-7-17-8-14-10/h7-9,13H,4-6H2,1-3H3/t9-/m0/s1. The van der Waals surface area contributed by atoms with Gasteiger partial charge in [0, 0.05) is 19.6 Å². The van der Waals surface area contributed by atoms with Gasteiger partial charge in [0.1, 0.15) is 11.9 Å². The average Bonchev–Trinajstić information content (AvgIpc) is 2.80. The molecule has 0 saturated carbocycles. The maximum absolute atomic E-state index is 12.0. The van der Waals surface area contributed by atoms with Crippen molar-refractivity contribution in [3.8, 4) is 0 Å². The zero-order valence-electron chi connectivity index (χ0n) is 11.0. The number of amides is 1. The number of hydrogen-bond donors (Lipinski definition) is 1. The van der Waals surface area contributed by atoms with Crippen molar-refractivity contribution in [1.29, 1.82) is 0 Å². The summed E-state index contributed by atoms with van der Waals surface area (Å²) in [5, 5.41) is 3.30. The van der Waals surface area contributed by atoms with E-state index >= 15 is 0 Å². The first-order valence-corrected chi connectivity index (χ1v) is 6.05. The maximum Gasteiger partial charge on any atom is 0.410 e. The van der Waals surface area contributed by atoms with E-state index < -0.39 is 5.60 Å². The number of oxazole rings is 1. The molecule has 1 aliphatic heterocycles. The lowest BCUT2D eigenvalue weighted by molar-refractivity contribution is 0.0193. The predicted molar refractivity (Wildman–Crippen MR) is 65.1 cm³/mol. The van der Waals surface area contributed by atoms with Gasteiger partial charge in [0.25, 0.3) is 0 Å². The molecule has 1 amide bonds. The number of nitrogens with one attached hydrogen (secondary N) is 1. The van der Waals surface area contributed by atoms with E-state index in [1.54, 1.807) is 11.2 Å². The van der Waals surface area contributed by atoms with Crippen molar-refractivity contribution < 1.29 is 13.9 Å². The Morgan fingerprint density at radius 2 is 2.39 bits per heavy atom. The van der Waals surface area contributed by atoms with Crippen molar-refractivity contribution >= 4 is 6.09 Å². The van der Waals surface area contributed by atoms with E-state index in [4.69, 9.17) is 9.15 Å². The van der Waals surface area contributed by atoms with Crippen molar-refractivity contribution in [3.63, 3.8) is 0 Å². The summed E-state index contributed by atoms with van der Waals surface area (Å²) in [4.78, 5) is 17.8. The Kier molecular flexibility index (Phi) is 3.56. The first kappa shape index (κ1) is 12.9. The Hall–Kier alpha value is -1.56. The van der Waals surface area contributed by atoms with Crippen molar-refractivity contribution in [2.24, 2.45) is 0 Å². The van der Waals surface area contributed by atoms with Gasteiger partial charge in [-0.1, -0.05) is 0 Å². The third kappa shape index (κ3) is 3.22. The summed E-state index contributed by atoms with van der Waals surface area (Å²) in [5.41, 5.74) is 0.342. The normalized spacial score (nSPS) is 20.8. The molecule has 6 heteroatoms. The summed E-state index contributed by atoms with van der Waals surface area (Å²) in [7, 11) is 0. The van der Waals surface area contributed by atoms with Crippen molar-refractivity contribution in [1.82, 2.24) is 15.2 Å². The van der Waals surface area contributed by atoms with E-state index in [1.807, 2.05) is 20.8 Å². The summed E-state index contributed by atoms with van der Waals surface area (Å²) in [6.45, 7) is 7.49. The second-order valence-corrected chi connectivity index (χ2v) is 5.35. The molecule has 0 spiro atoms.